The fourth-order valence-corrected chi connectivity index (χ4v) is 2.29. The van der Waals surface area contributed by atoms with E-state index in [0.717, 1.165) is 34.8 Å². The second kappa shape index (κ2) is 3.53. The van der Waals surface area contributed by atoms with Gasteiger partial charge in [-0.1, -0.05) is 11.3 Å². The number of hydrogen-bond acceptors (Lipinski definition) is 5. The highest BCUT2D eigenvalue weighted by molar-refractivity contribution is 7.16. The lowest BCUT2D eigenvalue weighted by Crippen LogP contribution is -2.20. The van der Waals surface area contributed by atoms with Crippen LogP contribution in [0.15, 0.2) is 0 Å². The Labute approximate surface area is 91.5 Å². The van der Waals surface area contributed by atoms with Crippen LogP contribution in [0.1, 0.15) is 23.7 Å². The number of hydrogen-bond donors (Lipinski definition) is 1. The second-order valence-corrected chi connectivity index (χ2v) is 5.07. The monoisotopic (exact) mass is 223 g/mol. The molecule has 0 aliphatic heterocycles. The standard InChI is InChI=1S/C9H13N5S/c1-6-13-14-8(11-12-9(14)15-6)4-5-10-7-2-3-7/h7,10H,2-5H2,1H3. The van der Waals surface area contributed by atoms with Crippen molar-refractivity contribution in [2.45, 2.75) is 32.2 Å². The van der Waals surface area contributed by atoms with Gasteiger partial charge in [-0.05, 0) is 19.8 Å². The Kier molecular flexibility index (Phi) is 2.17. The van der Waals surface area contributed by atoms with Crippen LogP contribution in [0.4, 0.5) is 0 Å². The number of rotatable bonds is 4. The highest BCUT2D eigenvalue weighted by Gasteiger charge is 2.20. The Bertz CT molecular complexity index is 470. The minimum absolute atomic E-state index is 0.755. The summed E-state index contributed by atoms with van der Waals surface area (Å²) in [6.07, 6.45) is 3.55. The van der Waals surface area contributed by atoms with Crippen molar-refractivity contribution in [2.75, 3.05) is 6.54 Å². The summed E-state index contributed by atoms with van der Waals surface area (Å²) in [5.41, 5.74) is 0. The van der Waals surface area contributed by atoms with E-state index in [1.807, 2.05) is 11.4 Å². The van der Waals surface area contributed by atoms with Crippen LogP contribution in [-0.4, -0.2) is 32.4 Å². The maximum absolute atomic E-state index is 4.37. The Morgan fingerprint density at radius 1 is 1.47 bits per heavy atom. The summed E-state index contributed by atoms with van der Waals surface area (Å²) >= 11 is 1.58. The molecule has 0 amide bonds. The predicted molar refractivity (Wildman–Crippen MR) is 58.1 cm³/mol. The van der Waals surface area contributed by atoms with E-state index in [1.54, 1.807) is 11.3 Å². The topological polar surface area (TPSA) is 55.1 Å². The summed E-state index contributed by atoms with van der Waals surface area (Å²) in [5.74, 6) is 0.961. The van der Waals surface area contributed by atoms with Crippen LogP contribution in [0.3, 0.4) is 0 Å². The van der Waals surface area contributed by atoms with Crippen LogP contribution in [0.2, 0.25) is 0 Å². The molecule has 2 heterocycles. The van der Waals surface area contributed by atoms with Gasteiger partial charge >= 0.3 is 0 Å². The highest BCUT2D eigenvalue weighted by atomic mass is 32.1. The zero-order valence-electron chi connectivity index (χ0n) is 8.60. The van der Waals surface area contributed by atoms with Gasteiger partial charge in [0.1, 0.15) is 5.01 Å². The van der Waals surface area contributed by atoms with Crippen molar-refractivity contribution < 1.29 is 0 Å². The fraction of sp³-hybridized carbons (Fsp3) is 0.667. The summed E-state index contributed by atoms with van der Waals surface area (Å²) in [7, 11) is 0. The molecule has 1 saturated carbocycles. The molecule has 0 spiro atoms. The van der Waals surface area contributed by atoms with E-state index in [-0.39, 0.29) is 0 Å². The third-order valence-electron chi connectivity index (χ3n) is 2.52. The van der Waals surface area contributed by atoms with Crippen LogP contribution >= 0.6 is 11.3 Å². The Morgan fingerprint density at radius 3 is 3.13 bits per heavy atom. The summed E-state index contributed by atoms with van der Waals surface area (Å²) in [4.78, 5) is 0.897. The molecule has 6 heteroatoms. The lowest BCUT2D eigenvalue weighted by atomic mass is 10.4. The normalized spacial score (nSPS) is 16.3. The Balaban J connectivity index is 1.71. The van der Waals surface area contributed by atoms with E-state index in [9.17, 15) is 0 Å². The van der Waals surface area contributed by atoms with E-state index in [4.69, 9.17) is 0 Å². The van der Waals surface area contributed by atoms with E-state index in [2.05, 4.69) is 20.6 Å². The van der Waals surface area contributed by atoms with Gasteiger partial charge in [-0.2, -0.15) is 9.61 Å². The quantitative estimate of drug-likeness (QED) is 0.832. The molecule has 0 aromatic carbocycles. The van der Waals surface area contributed by atoms with Crippen molar-refractivity contribution in [3.63, 3.8) is 0 Å². The molecule has 1 aliphatic rings. The molecule has 5 nitrogen and oxygen atoms in total. The molecule has 1 fully saturated rings. The van der Waals surface area contributed by atoms with Gasteiger partial charge in [0.25, 0.3) is 0 Å². The van der Waals surface area contributed by atoms with E-state index in [1.165, 1.54) is 12.8 Å². The summed E-state index contributed by atoms with van der Waals surface area (Å²) in [5, 5.41) is 17.1. The first-order chi connectivity index (χ1) is 7.33. The van der Waals surface area contributed by atoms with Gasteiger partial charge in [-0.25, -0.2) is 0 Å². The zero-order chi connectivity index (χ0) is 10.3. The Morgan fingerprint density at radius 2 is 2.33 bits per heavy atom. The van der Waals surface area contributed by atoms with E-state index >= 15 is 0 Å². The van der Waals surface area contributed by atoms with Gasteiger partial charge < -0.3 is 5.32 Å². The maximum Gasteiger partial charge on any atom is 0.234 e. The first-order valence-electron chi connectivity index (χ1n) is 5.24. The van der Waals surface area contributed by atoms with Gasteiger partial charge in [0.15, 0.2) is 5.82 Å². The van der Waals surface area contributed by atoms with Crippen molar-refractivity contribution in [1.82, 2.24) is 25.1 Å². The zero-order valence-corrected chi connectivity index (χ0v) is 9.42. The van der Waals surface area contributed by atoms with Crippen LogP contribution in [-0.2, 0) is 6.42 Å². The Hall–Kier alpha value is -1.01. The van der Waals surface area contributed by atoms with Crippen LogP contribution in [0.5, 0.6) is 0 Å². The minimum atomic E-state index is 0.755. The maximum atomic E-state index is 4.37. The first kappa shape index (κ1) is 9.23. The lowest BCUT2D eigenvalue weighted by molar-refractivity contribution is 0.654. The van der Waals surface area contributed by atoms with Gasteiger partial charge in [0.05, 0.1) is 0 Å². The average Bonchev–Trinajstić information content (AvgIpc) is 2.85. The molecular formula is C9H13N5S. The van der Waals surface area contributed by atoms with Gasteiger partial charge in [-0.3, -0.25) is 0 Å². The fourth-order valence-electron chi connectivity index (χ4n) is 1.58. The molecule has 0 bridgehead atoms. The number of aromatic nitrogens is 4. The molecule has 80 valence electrons. The number of fused-ring (bicyclic) bond motifs is 1. The molecule has 0 saturated heterocycles. The molecule has 0 atom stereocenters. The van der Waals surface area contributed by atoms with E-state index < -0.39 is 0 Å². The lowest BCUT2D eigenvalue weighted by Gasteiger charge is -1.99. The summed E-state index contributed by atoms with van der Waals surface area (Å²) < 4.78 is 1.86. The second-order valence-electron chi connectivity index (χ2n) is 3.91. The van der Waals surface area contributed by atoms with Crippen molar-refractivity contribution in [3.05, 3.63) is 10.8 Å². The van der Waals surface area contributed by atoms with Crippen LogP contribution in [0.25, 0.3) is 4.96 Å². The smallest absolute Gasteiger partial charge is 0.234 e. The van der Waals surface area contributed by atoms with Crippen molar-refractivity contribution in [3.8, 4) is 0 Å². The first-order valence-corrected chi connectivity index (χ1v) is 6.06. The van der Waals surface area contributed by atoms with Crippen LogP contribution in [0, 0.1) is 6.92 Å². The number of nitrogens with zero attached hydrogens (tertiary/aromatic N) is 4. The third-order valence-corrected chi connectivity index (χ3v) is 3.33. The van der Waals surface area contributed by atoms with Gasteiger partial charge in [0, 0.05) is 19.0 Å². The van der Waals surface area contributed by atoms with Gasteiger partial charge in [-0.15, -0.1) is 10.2 Å². The third kappa shape index (κ3) is 1.87. The molecule has 15 heavy (non-hydrogen) atoms. The predicted octanol–water partition coefficient (Wildman–Crippen LogP) is 0.789. The van der Waals surface area contributed by atoms with Crippen LogP contribution < -0.4 is 5.32 Å². The summed E-state index contributed by atoms with van der Waals surface area (Å²) in [6, 6.07) is 0.755. The average molecular weight is 223 g/mol. The van der Waals surface area contributed by atoms with Crippen molar-refractivity contribution in [1.29, 1.82) is 0 Å². The number of aryl methyl sites for hydroxylation is 1. The van der Waals surface area contributed by atoms with Gasteiger partial charge in [0.2, 0.25) is 4.96 Å². The molecule has 3 rings (SSSR count). The molecule has 0 unspecified atom stereocenters. The molecule has 2 aromatic rings. The number of nitrogens with one attached hydrogen (secondary N) is 1. The largest absolute Gasteiger partial charge is 0.314 e. The molecule has 1 aliphatic carbocycles. The van der Waals surface area contributed by atoms with E-state index in [0.29, 0.717) is 0 Å². The van der Waals surface area contributed by atoms with Crippen molar-refractivity contribution in [2.24, 2.45) is 0 Å². The highest BCUT2D eigenvalue weighted by Crippen LogP contribution is 2.18. The molecular weight excluding hydrogens is 210 g/mol. The molecule has 1 N–H and O–H groups in total. The van der Waals surface area contributed by atoms with Crippen molar-refractivity contribution >= 4 is 16.3 Å². The molecule has 2 aromatic heterocycles. The summed E-state index contributed by atoms with van der Waals surface area (Å²) in [6.45, 7) is 2.97. The SMILES string of the molecule is Cc1nn2c(CCNC3CC3)nnc2s1. The molecule has 0 radical (unpaired) electrons. The minimum Gasteiger partial charge on any atom is -0.314 e.